The second-order valence-corrected chi connectivity index (χ2v) is 8.11. The number of nitrogens with one attached hydrogen (secondary N) is 1. The van der Waals surface area contributed by atoms with Gasteiger partial charge in [0.05, 0.1) is 16.7 Å². The number of benzene rings is 1. The Hall–Kier alpha value is -2.43. The number of amides is 1. The monoisotopic (exact) mass is 391 g/mol. The first-order chi connectivity index (χ1) is 12.3. The van der Waals surface area contributed by atoms with E-state index in [0.717, 1.165) is 11.2 Å². The van der Waals surface area contributed by atoms with Crippen molar-refractivity contribution >= 4 is 33.3 Å². The van der Waals surface area contributed by atoms with Gasteiger partial charge in [-0.2, -0.15) is 0 Å². The molecule has 0 aliphatic heterocycles. The molecule has 1 atom stereocenters. The number of nitrogens with zero attached hydrogens (tertiary/aromatic N) is 3. The lowest BCUT2D eigenvalue weighted by Gasteiger charge is -2.14. The van der Waals surface area contributed by atoms with E-state index in [-0.39, 0.29) is 22.6 Å². The molecule has 10 heteroatoms. The molecule has 2 aromatic heterocycles. The Kier molecular flexibility index (Phi) is 5.25. The number of pyridine rings is 1. The molecule has 0 unspecified atom stereocenters. The van der Waals surface area contributed by atoms with Gasteiger partial charge in [0.1, 0.15) is 0 Å². The number of nitrogens with two attached hydrogens (primary N) is 1. The van der Waals surface area contributed by atoms with Crippen molar-refractivity contribution in [3.05, 3.63) is 54.2 Å². The second kappa shape index (κ2) is 7.44. The number of thioether (sulfide) groups is 1. The van der Waals surface area contributed by atoms with Crippen LogP contribution in [-0.2, 0) is 14.8 Å². The molecule has 1 aromatic carbocycles. The first kappa shape index (κ1) is 18.4. The first-order valence-corrected chi connectivity index (χ1v) is 10.2. The smallest absolute Gasteiger partial charge is 0.238 e. The van der Waals surface area contributed by atoms with E-state index >= 15 is 0 Å². The molecule has 0 bridgehead atoms. The largest absolute Gasteiger partial charge is 0.349 e. The number of rotatable bonds is 6. The lowest BCUT2D eigenvalue weighted by Crippen LogP contribution is -2.28. The molecule has 8 nitrogen and oxygen atoms in total. The fourth-order valence-corrected chi connectivity index (χ4v) is 3.61. The number of hydrogen-bond acceptors (Lipinski definition) is 6. The maximum atomic E-state index is 12.2. The summed E-state index contributed by atoms with van der Waals surface area (Å²) in [4.78, 5) is 12.2. The van der Waals surface area contributed by atoms with Crippen LogP contribution in [0.15, 0.2) is 58.7 Å². The number of sulfonamides is 1. The summed E-state index contributed by atoms with van der Waals surface area (Å²) >= 11 is 1.29. The van der Waals surface area contributed by atoms with Gasteiger partial charge < -0.3 is 5.32 Å². The van der Waals surface area contributed by atoms with Gasteiger partial charge in [-0.25, -0.2) is 13.6 Å². The summed E-state index contributed by atoms with van der Waals surface area (Å²) in [6, 6.07) is 11.4. The third kappa shape index (κ3) is 4.21. The van der Waals surface area contributed by atoms with Crippen molar-refractivity contribution < 1.29 is 13.2 Å². The highest BCUT2D eigenvalue weighted by Crippen LogP contribution is 2.18. The van der Waals surface area contributed by atoms with Crippen LogP contribution in [0.1, 0.15) is 18.5 Å². The molecular formula is C16H17N5O3S2. The normalized spacial score (nSPS) is 12.8. The van der Waals surface area contributed by atoms with Gasteiger partial charge in [-0.1, -0.05) is 30.0 Å². The highest BCUT2D eigenvalue weighted by Gasteiger charge is 2.13. The van der Waals surface area contributed by atoms with E-state index < -0.39 is 10.0 Å². The molecule has 3 aromatic rings. The zero-order chi connectivity index (χ0) is 18.7. The van der Waals surface area contributed by atoms with Crippen LogP contribution >= 0.6 is 11.8 Å². The van der Waals surface area contributed by atoms with Crippen LogP contribution in [-0.4, -0.2) is 34.7 Å². The van der Waals surface area contributed by atoms with Crippen LogP contribution < -0.4 is 10.5 Å². The fourth-order valence-electron chi connectivity index (χ4n) is 2.36. The minimum atomic E-state index is -3.73. The summed E-state index contributed by atoms with van der Waals surface area (Å²) in [5, 5.41) is 16.7. The molecular weight excluding hydrogens is 374 g/mol. The lowest BCUT2D eigenvalue weighted by molar-refractivity contribution is -0.119. The Balaban J connectivity index is 1.59. The molecule has 0 saturated heterocycles. The zero-order valence-electron chi connectivity index (χ0n) is 13.9. The van der Waals surface area contributed by atoms with Gasteiger partial charge in [0, 0.05) is 6.20 Å². The highest BCUT2D eigenvalue weighted by molar-refractivity contribution is 7.99. The topological polar surface area (TPSA) is 119 Å². The Bertz CT molecular complexity index is 1030. The molecule has 26 heavy (non-hydrogen) atoms. The van der Waals surface area contributed by atoms with Gasteiger partial charge >= 0.3 is 0 Å². The van der Waals surface area contributed by atoms with Crippen molar-refractivity contribution in [1.29, 1.82) is 0 Å². The molecule has 2 heterocycles. The summed E-state index contributed by atoms with van der Waals surface area (Å²) in [5.74, 6) is 0.0284. The standard InChI is InChI=1S/C16H17N5O3S2/c1-11(12-5-7-13(8-6-12)26(17,23)24)18-15(22)10-25-16-20-19-14-4-2-3-9-21(14)16/h2-9,11H,10H2,1H3,(H,18,22)(H2,17,23,24)/t11-/m0/s1. The van der Waals surface area contributed by atoms with Crippen LogP contribution in [0.4, 0.5) is 0 Å². The van der Waals surface area contributed by atoms with Gasteiger partial charge in [-0.15, -0.1) is 10.2 Å². The quantitative estimate of drug-likeness (QED) is 0.612. The van der Waals surface area contributed by atoms with E-state index in [4.69, 9.17) is 5.14 Å². The molecule has 3 N–H and O–H groups in total. The molecule has 1 amide bonds. The minimum absolute atomic E-state index is 0.0361. The molecule has 3 rings (SSSR count). The van der Waals surface area contributed by atoms with Crippen molar-refractivity contribution in [2.24, 2.45) is 5.14 Å². The molecule has 0 spiro atoms. The summed E-state index contributed by atoms with van der Waals surface area (Å²) in [5.41, 5.74) is 1.50. The van der Waals surface area contributed by atoms with E-state index in [1.165, 1.54) is 23.9 Å². The molecule has 0 aliphatic rings. The van der Waals surface area contributed by atoms with Gasteiger partial charge in [0.15, 0.2) is 10.8 Å². The summed E-state index contributed by atoms with van der Waals surface area (Å²) in [6.07, 6.45) is 1.84. The van der Waals surface area contributed by atoms with Crippen molar-refractivity contribution in [2.45, 2.75) is 23.0 Å². The van der Waals surface area contributed by atoms with Crippen LogP contribution in [0.5, 0.6) is 0 Å². The lowest BCUT2D eigenvalue weighted by atomic mass is 10.1. The van der Waals surface area contributed by atoms with Crippen LogP contribution in [0.3, 0.4) is 0 Å². The third-order valence-electron chi connectivity index (χ3n) is 3.70. The van der Waals surface area contributed by atoms with E-state index in [9.17, 15) is 13.2 Å². The maximum Gasteiger partial charge on any atom is 0.238 e. The van der Waals surface area contributed by atoms with Crippen LogP contribution in [0.2, 0.25) is 0 Å². The molecule has 0 aliphatic carbocycles. The average molecular weight is 391 g/mol. The van der Waals surface area contributed by atoms with Gasteiger partial charge in [0.2, 0.25) is 15.9 Å². The summed E-state index contributed by atoms with van der Waals surface area (Å²) in [6.45, 7) is 1.82. The highest BCUT2D eigenvalue weighted by atomic mass is 32.2. The molecule has 0 radical (unpaired) electrons. The minimum Gasteiger partial charge on any atom is -0.349 e. The van der Waals surface area contributed by atoms with Crippen LogP contribution in [0.25, 0.3) is 5.65 Å². The number of carbonyl (C=O) groups excluding carboxylic acids is 1. The van der Waals surface area contributed by atoms with Gasteiger partial charge in [-0.05, 0) is 36.8 Å². The summed E-state index contributed by atoms with van der Waals surface area (Å²) in [7, 11) is -3.73. The maximum absolute atomic E-state index is 12.2. The Morgan fingerprint density at radius 3 is 2.65 bits per heavy atom. The third-order valence-corrected chi connectivity index (χ3v) is 5.57. The predicted molar refractivity (Wildman–Crippen MR) is 98.1 cm³/mol. The SMILES string of the molecule is C[C@H](NC(=O)CSc1nnc2ccccn12)c1ccc(S(N)(=O)=O)cc1. The van der Waals surface area contributed by atoms with E-state index in [1.807, 2.05) is 35.7 Å². The van der Waals surface area contributed by atoms with Gasteiger partial charge in [0.25, 0.3) is 0 Å². The first-order valence-electron chi connectivity index (χ1n) is 7.69. The Morgan fingerprint density at radius 2 is 1.96 bits per heavy atom. The Labute approximate surface area is 154 Å². The van der Waals surface area contributed by atoms with E-state index in [1.54, 1.807) is 12.1 Å². The summed E-state index contributed by atoms with van der Waals surface area (Å²) < 4.78 is 24.4. The van der Waals surface area contributed by atoms with Crippen molar-refractivity contribution in [3.8, 4) is 0 Å². The molecule has 0 fully saturated rings. The van der Waals surface area contributed by atoms with Crippen molar-refractivity contribution in [2.75, 3.05) is 5.75 Å². The Morgan fingerprint density at radius 1 is 1.23 bits per heavy atom. The number of primary sulfonamides is 1. The number of carbonyl (C=O) groups is 1. The number of fused-ring (bicyclic) bond motifs is 1. The number of aromatic nitrogens is 3. The van der Waals surface area contributed by atoms with Crippen LogP contribution in [0, 0.1) is 0 Å². The van der Waals surface area contributed by atoms with Crippen molar-refractivity contribution in [1.82, 2.24) is 19.9 Å². The zero-order valence-corrected chi connectivity index (χ0v) is 15.5. The van der Waals surface area contributed by atoms with Crippen molar-refractivity contribution in [3.63, 3.8) is 0 Å². The van der Waals surface area contributed by atoms with E-state index in [0.29, 0.717) is 5.16 Å². The van der Waals surface area contributed by atoms with E-state index in [2.05, 4.69) is 15.5 Å². The average Bonchev–Trinajstić information content (AvgIpc) is 3.02. The molecule has 136 valence electrons. The second-order valence-electron chi connectivity index (χ2n) is 5.60. The predicted octanol–water partition coefficient (Wildman–Crippen LogP) is 1.35. The molecule has 0 saturated carbocycles. The number of hydrogen-bond donors (Lipinski definition) is 2. The van der Waals surface area contributed by atoms with Gasteiger partial charge in [-0.3, -0.25) is 9.20 Å². The fraction of sp³-hybridized carbons (Fsp3) is 0.188.